The molecule has 86 valence electrons. The Bertz CT molecular complexity index is 377. The van der Waals surface area contributed by atoms with Crippen LogP contribution in [0.4, 0.5) is 0 Å². The Balaban J connectivity index is 2.16. The number of hydrazine groups is 1. The normalized spacial score (nSPS) is 21.0. The standard InChI is InChI=1S/C11H15N3O2/c1-16-11(15)9-4-2-8(3-5-9)10-13-6-7-14(10)12/h2-5,10,13H,6-7,12H2,1H3. The van der Waals surface area contributed by atoms with Crippen molar-refractivity contribution < 1.29 is 9.53 Å². The lowest BCUT2D eigenvalue weighted by Crippen LogP contribution is -2.33. The first-order chi connectivity index (χ1) is 7.72. The number of hydrogen-bond acceptors (Lipinski definition) is 5. The summed E-state index contributed by atoms with van der Waals surface area (Å²) in [5.74, 6) is 5.49. The Labute approximate surface area is 94.1 Å². The zero-order valence-electron chi connectivity index (χ0n) is 9.14. The van der Waals surface area contributed by atoms with Crippen LogP contribution >= 0.6 is 0 Å². The smallest absolute Gasteiger partial charge is 0.337 e. The van der Waals surface area contributed by atoms with Crippen molar-refractivity contribution in [3.8, 4) is 0 Å². The molecule has 0 saturated carbocycles. The van der Waals surface area contributed by atoms with Gasteiger partial charge in [-0.3, -0.25) is 11.2 Å². The molecule has 1 unspecified atom stereocenters. The lowest BCUT2D eigenvalue weighted by Gasteiger charge is -2.19. The highest BCUT2D eigenvalue weighted by molar-refractivity contribution is 5.89. The first-order valence-corrected chi connectivity index (χ1v) is 5.15. The van der Waals surface area contributed by atoms with E-state index in [9.17, 15) is 4.79 Å². The third-order valence-electron chi connectivity index (χ3n) is 2.69. The van der Waals surface area contributed by atoms with Crippen molar-refractivity contribution in [1.29, 1.82) is 0 Å². The lowest BCUT2D eigenvalue weighted by molar-refractivity contribution is 0.0600. The van der Waals surface area contributed by atoms with Gasteiger partial charge in [0.15, 0.2) is 0 Å². The number of hydrogen-bond donors (Lipinski definition) is 2. The van der Waals surface area contributed by atoms with Gasteiger partial charge in [-0.2, -0.15) is 0 Å². The molecule has 5 heteroatoms. The molecule has 1 aliphatic rings. The molecule has 0 amide bonds. The molecular formula is C11H15N3O2. The van der Waals surface area contributed by atoms with Gasteiger partial charge in [-0.1, -0.05) is 12.1 Å². The number of rotatable bonds is 2. The summed E-state index contributed by atoms with van der Waals surface area (Å²) in [4.78, 5) is 11.2. The molecular weight excluding hydrogens is 206 g/mol. The van der Waals surface area contributed by atoms with Crippen LogP contribution in [-0.2, 0) is 4.74 Å². The largest absolute Gasteiger partial charge is 0.465 e. The fourth-order valence-corrected chi connectivity index (χ4v) is 1.81. The third kappa shape index (κ3) is 2.06. The molecule has 0 aliphatic carbocycles. The van der Waals surface area contributed by atoms with Gasteiger partial charge >= 0.3 is 5.97 Å². The lowest BCUT2D eigenvalue weighted by atomic mass is 10.1. The molecule has 1 aromatic rings. The molecule has 1 atom stereocenters. The van der Waals surface area contributed by atoms with Gasteiger partial charge in [0.1, 0.15) is 0 Å². The first kappa shape index (κ1) is 11.1. The van der Waals surface area contributed by atoms with E-state index in [2.05, 4.69) is 10.1 Å². The minimum Gasteiger partial charge on any atom is -0.465 e. The second kappa shape index (κ2) is 4.61. The number of methoxy groups -OCH3 is 1. The van der Waals surface area contributed by atoms with Crippen LogP contribution in [-0.4, -0.2) is 31.2 Å². The zero-order valence-corrected chi connectivity index (χ0v) is 9.14. The van der Waals surface area contributed by atoms with Crippen LogP contribution in [0.25, 0.3) is 0 Å². The van der Waals surface area contributed by atoms with E-state index in [0.717, 1.165) is 18.7 Å². The van der Waals surface area contributed by atoms with E-state index in [4.69, 9.17) is 5.84 Å². The topological polar surface area (TPSA) is 67.6 Å². The highest BCUT2D eigenvalue weighted by Crippen LogP contribution is 2.18. The molecule has 0 aromatic heterocycles. The minimum atomic E-state index is -0.324. The van der Waals surface area contributed by atoms with Crippen molar-refractivity contribution in [2.24, 2.45) is 5.84 Å². The maximum absolute atomic E-state index is 11.2. The summed E-state index contributed by atoms with van der Waals surface area (Å²) >= 11 is 0. The molecule has 0 spiro atoms. The summed E-state index contributed by atoms with van der Waals surface area (Å²) < 4.78 is 4.63. The van der Waals surface area contributed by atoms with Crippen LogP contribution in [0, 0.1) is 0 Å². The number of nitrogens with one attached hydrogen (secondary N) is 1. The quantitative estimate of drug-likeness (QED) is 0.553. The Hall–Kier alpha value is -1.43. The molecule has 5 nitrogen and oxygen atoms in total. The number of carbonyl (C=O) groups excluding carboxylic acids is 1. The van der Waals surface area contributed by atoms with Crippen molar-refractivity contribution >= 4 is 5.97 Å². The molecule has 1 saturated heterocycles. The van der Waals surface area contributed by atoms with E-state index in [0.29, 0.717) is 5.56 Å². The second-order valence-corrected chi connectivity index (χ2v) is 3.71. The van der Waals surface area contributed by atoms with E-state index >= 15 is 0 Å². The zero-order chi connectivity index (χ0) is 11.5. The Morgan fingerprint density at radius 3 is 2.69 bits per heavy atom. The number of nitrogens with zero attached hydrogens (tertiary/aromatic N) is 1. The van der Waals surface area contributed by atoms with Crippen LogP contribution in [0.5, 0.6) is 0 Å². The van der Waals surface area contributed by atoms with Gasteiger partial charge in [0.2, 0.25) is 0 Å². The Kier molecular flexibility index (Phi) is 3.19. The monoisotopic (exact) mass is 221 g/mol. The van der Waals surface area contributed by atoms with Gasteiger partial charge < -0.3 is 4.74 Å². The minimum absolute atomic E-state index is 0.0340. The van der Waals surface area contributed by atoms with E-state index < -0.39 is 0 Å². The van der Waals surface area contributed by atoms with Crippen molar-refractivity contribution in [3.63, 3.8) is 0 Å². The molecule has 0 radical (unpaired) electrons. The summed E-state index contributed by atoms with van der Waals surface area (Å²) in [5.41, 5.74) is 1.60. The average molecular weight is 221 g/mol. The van der Waals surface area contributed by atoms with E-state index in [-0.39, 0.29) is 12.1 Å². The summed E-state index contributed by atoms with van der Waals surface area (Å²) in [7, 11) is 1.37. The van der Waals surface area contributed by atoms with Crippen molar-refractivity contribution in [2.45, 2.75) is 6.17 Å². The molecule has 16 heavy (non-hydrogen) atoms. The van der Waals surface area contributed by atoms with Gasteiger partial charge in [-0.15, -0.1) is 0 Å². The van der Waals surface area contributed by atoms with Crippen molar-refractivity contribution in [2.75, 3.05) is 20.2 Å². The average Bonchev–Trinajstić information content (AvgIpc) is 2.75. The molecule has 1 heterocycles. The highest BCUT2D eigenvalue weighted by Gasteiger charge is 2.22. The Morgan fingerprint density at radius 1 is 1.50 bits per heavy atom. The number of ether oxygens (including phenoxy) is 1. The number of nitrogens with two attached hydrogens (primary N) is 1. The fraction of sp³-hybridized carbons (Fsp3) is 0.364. The van der Waals surface area contributed by atoms with Crippen LogP contribution in [0.3, 0.4) is 0 Å². The van der Waals surface area contributed by atoms with Gasteiger partial charge in [0, 0.05) is 13.1 Å². The van der Waals surface area contributed by atoms with Gasteiger partial charge in [-0.25, -0.2) is 9.80 Å². The third-order valence-corrected chi connectivity index (χ3v) is 2.69. The number of carbonyl (C=O) groups is 1. The second-order valence-electron chi connectivity index (χ2n) is 3.71. The van der Waals surface area contributed by atoms with Gasteiger partial charge in [0.25, 0.3) is 0 Å². The van der Waals surface area contributed by atoms with E-state index in [1.165, 1.54) is 7.11 Å². The van der Waals surface area contributed by atoms with Crippen molar-refractivity contribution in [1.82, 2.24) is 10.3 Å². The van der Waals surface area contributed by atoms with Crippen LogP contribution < -0.4 is 11.2 Å². The number of benzene rings is 1. The molecule has 1 aliphatic heterocycles. The van der Waals surface area contributed by atoms with Gasteiger partial charge in [0.05, 0.1) is 18.8 Å². The Morgan fingerprint density at radius 2 is 2.19 bits per heavy atom. The maximum atomic E-state index is 11.2. The summed E-state index contributed by atoms with van der Waals surface area (Å²) in [6.07, 6.45) is 0.0340. The molecule has 3 N–H and O–H groups in total. The SMILES string of the molecule is COC(=O)c1ccc(C2NCCN2N)cc1. The predicted molar refractivity (Wildman–Crippen MR) is 59.4 cm³/mol. The molecule has 2 rings (SSSR count). The highest BCUT2D eigenvalue weighted by atomic mass is 16.5. The fourth-order valence-electron chi connectivity index (χ4n) is 1.81. The van der Waals surface area contributed by atoms with E-state index in [1.54, 1.807) is 17.1 Å². The van der Waals surface area contributed by atoms with E-state index in [1.807, 2.05) is 12.1 Å². The number of esters is 1. The maximum Gasteiger partial charge on any atom is 0.337 e. The summed E-state index contributed by atoms with van der Waals surface area (Å²) in [6, 6.07) is 7.26. The summed E-state index contributed by atoms with van der Waals surface area (Å²) in [6.45, 7) is 1.70. The van der Waals surface area contributed by atoms with Gasteiger partial charge in [-0.05, 0) is 17.7 Å². The van der Waals surface area contributed by atoms with Crippen LogP contribution in [0.1, 0.15) is 22.1 Å². The summed E-state index contributed by atoms with van der Waals surface area (Å²) in [5, 5.41) is 5.01. The molecule has 1 fully saturated rings. The predicted octanol–water partition coefficient (Wildman–Crippen LogP) is 0.251. The molecule has 1 aromatic carbocycles. The molecule has 0 bridgehead atoms. The van der Waals surface area contributed by atoms with Crippen LogP contribution in [0.2, 0.25) is 0 Å². The van der Waals surface area contributed by atoms with Crippen LogP contribution in [0.15, 0.2) is 24.3 Å². The van der Waals surface area contributed by atoms with Crippen molar-refractivity contribution in [3.05, 3.63) is 35.4 Å². The first-order valence-electron chi connectivity index (χ1n) is 5.15.